The van der Waals surface area contributed by atoms with Crippen molar-refractivity contribution < 1.29 is 14.3 Å². The number of fused-ring (bicyclic) bond motifs is 1. The Morgan fingerprint density at radius 1 is 0.914 bits per heavy atom. The first-order chi connectivity index (χ1) is 17.1. The van der Waals surface area contributed by atoms with E-state index < -0.39 is 5.97 Å². The van der Waals surface area contributed by atoms with E-state index >= 15 is 0 Å². The molecule has 0 saturated carbocycles. The Balaban J connectivity index is 1.55. The van der Waals surface area contributed by atoms with Gasteiger partial charge in [0.25, 0.3) is 5.91 Å². The highest BCUT2D eigenvalue weighted by Crippen LogP contribution is 2.38. The molecule has 0 bridgehead atoms. The van der Waals surface area contributed by atoms with Crippen molar-refractivity contribution in [2.45, 2.75) is 6.92 Å². The summed E-state index contributed by atoms with van der Waals surface area (Å²) in [6, 6.07) is 26.7. The SMILES string of the molecule is CCOC(=O)c1ccc2c(c1)NC(=O)C2=C(Nc1ccc(-c2cccnc2)cc1)c1ccccc1. The van der Waals surface area contributed by atoms with Crippen LogP contribution in [-0.2, 0) is 9.53 Å². The van der Waals surface area contributed by atoms with Crippen molar-refractivity contribution in [1.29, 1.82) is 0 Å². The van der Waals surface area contributed by atoms with Gasteiger partial charge < -0.3 is 15.4 Å². The molecule has 2 N–H and O–H groups in total. The third-order valence-corrected chi connectivity index (χ3v) is 5.74. The van der Waals surface area contributed by atoms with Crippen molar-refractivity contribution in [2.24, 2.45) is 0 Å². The number of hydrogen-bond acceptors (Lipinski definition) is 5. The number of aromatic nitrogens is 1. The van der Waals surface area contributed by atoms with Gasteiger partial charge in [0, 0.05) is 23.6 Å². The molecule has 1 aliphatic rings. The lowest BCUT2D eigenvalue weighted by Gasteiger charge is -2.15. The van der Waals surface area contributed by atoms with Gasteiger partial charge in [-0.05, 0) is 53.9 Å². The minimum atomic E-state index is -0.419. The van der Waals surface area contributed by atoms with Gasteiger partial charge in [0.05, 0.1) is 29.1 Å². The normalized spacial score (nSPS) is 13.6. The van der Waals surface area contributed by atoms with Gasteiger partial charge >= 0.3 is 5.97 Å². The Morgan fingerprint density at radius 2 is 1.71 bits per heavy atom. The number of ether oxygens (including phenoxy) is 1. The Kier molecular flexibility index (Phi) is 6.09. The fourth-order valence-corrected chi connectivity index (χ4v) is 4.07. The average Bonchev–Trinajstić information content (AvgIpc) is 3.23. The van der Waals surface area contributed by atoms with Crippen molar-refractivity contribution in [3.8, 4) is 11.1 Å². The molecule has 1 amide bonds. The summed E-state index contributed by atoms with van der Waals surface area (Å²) < 4.78 is 5.10. The van der Waals surface area contributed by atoms with Crippen molar-refractivity contribution >= 4 is 34.5 Å². The number of rotatable bonds is 6. The van der Waals surface area contributed by atoms with E-state index in [0.717, 1.165) is 27.9 Å². The van der Waals surface area contributed by atoms with Crippen LogP contribution in [0, 0.1) is 0 Å². The Hall–Kier alpha value is -4.71. The van der Waals surface area contributed by atoms with Gasteiger partial charge in [-0.25, -0.2) is 4.79 Å². The van der Waals surface area contributed by atoms with Gasteiger partial charge in [0.15, 0.2) is 0 Å². The first kappa shape index (κ1) is 22.1. The summed E-state index contributed by atoms with van der Waals surface area (Å²) in [6.45, 7) is 2.05. The number of pyridine rings is 1. The molecular weight excluding hydrogens is 438 g/mol. The number of carbonyl (C=O) groups excluding carboxylic acids is 2. The highest BCUT2D eigenvalue weighted by Gasteiger charge is 2.29. The Labute approximate surface area is 203 Å². The van der Waals surface area contributed by atoms with Gasteiger partial charge in [0.1, 0.15) is 0 Å². The lowest BCUT2D eigenvalue weighted by Crippen LogP contribution is -2.10. The topological polar surface area (TPSA) is 80.3 Å². The Morgan fingerprint density at radius 3 is 2.43 bits per heavy atom. The van der Waals surface area contributed by atoms with Crippen LogP contribution in [0.15, 0.2) is 97.3 Å². The smallest absolute Gasteiger partial charge is 0.338 e. The average molecular weight is 462 g/mol. The second-order valence-electron chi connectivity index (χ2n) is 8.00. The number of amides is 1. The predicted octanol–water partition coefficient (Wildman–Crippen LogP) is 5.86. The molecule has 2 heterocycles. The molecule has 0 saturated heterocycles. The zero-order chi connectivity index (χ0) is 24.2. The van der Waals surface area contributed by atoms with Crippen LogP contribution in [-0.4, -0.2) is 23.5 Å². The highest BCUT2D eigenvalue weighted by atomic mass is 16.5. The number of nitrogens with zero attached hydrogens (tertiary/aromatic N) is 1. The van der Waals surface area contributed by atoms with E-state index in [9.17, 15) is 9.59 Å². The van der Waals surface area contributed by atoms with E-state index in [1.165, 1.54) is 0 Å². The molecule has 0 radical (unpaired) electrons. The molecule has 0 unspecified atom stereocenters. The maximum Gasteiger partial charge on any atom is 0.338 e. The fraction of sp³-hybridized carbons (Fsp3) is 0.0690. The Bertz CT molecular complexity index is 1410. The lowest BCUT2D eigenvalue weighted by atomic mass is 9.99. The number of hydrogen-bond donors (Lipinski definition) is 2. The molecule has 0 spiro atoms. The van der Waals surface area contributed by atoms with Crippen LogP contribution < -0.4 is 10.6 Å². The van der Waals surface area contributed by atoms with Crippen molar-refractivity contribution in [3.05, 3.63) is 114 Å². The molecule has 5 rings (SSSR count). The molecule has 6 heteroatoms. The quantitative estimate of drug-likeness (QED) is 0.278. The third kappa shape index (κ3) is 4.54. The second kappa shape index (κ2) is 9.65. The van der Waals surface area contributed by atoms with E-state index in [-0.39, 0.29) is 12.5 Å². The second-order valence-corrected chi connectivity index (χ2v) is 8.00. The van der Waals surface area contributed by atoms with E-state index in [1.54, 1.807) is 31.3 Å². The minimum absolute atomic E-state index is 0.237. The molecule has 1 aliphatic heterocycles. The van der Waals surface area contributed by atoms with Crippen LogP contribution in [0.2, 0.25) is 0 Å². The summed E-state index contributed by atoms with van der Waals surface area (Å²) in [7, 11) is 0. The third-order valence-electron chi connectivity index (χ3n) is 5.74. The van der Waals surface area contributed by atoms with Crippen LogP contribution in [0.25, 0.3) is 22.4 Å². The number of esters is 1. The van der Waals surface area contributed by atoms with Gasteiger partial charge in [-0.1, -0.05) is 54.6 Å². The van der Waals surface area contributed by atoms with E-state index in [1.807, 2.05) is 72.9 Å². The summed E-state index contributed by atoms with van der Waals surface area (Å²) >= 11 is 0. The number of carbonyl (C=O) groups is 2. The summed E-state index contributed by atoms with van der Waals surface area (Å²) in [5.74, 6) is -0.656. The van der Waals surface area contributed by atoms with Crippen molar-refractivity contribution in [1.82, 2.24) is 4.98 Å². The molecule has 172 valence electrons. The van der Waals surface area contributed by atoms with Crippen LogP contribution in [0.1, 0.15) is 28.4 Å². The number of anilines is 2. The number of nitrogens with one attached hydrogen (secondary N) is 2. The van der Waals surface area contributed by atoms with Crippen LogP contribution in [0.5, 0.6) is 0 Å². The first-order valence-electron chi connectivity index (χ1n) is 11.3. The summed E-state index contributed by atoms with van der Waals surface area (Å²) in [4.78, 5) is 29.5. The lowest BCUT2D eigenvalue weighted by molar-refractivity contribution is -0.110. The van der Waals surface area contributed by atoms with Gasteiger partial charge in [-0.3, -0.25) is 9.78 Å². The molecule has 0 atom stereocenters. The zero-order valence-corrected chi connectivity index (χ0v) is 19.1. The molecule has 1 aromatic heterocycles. The van der Waals surface area contributed by atoms with E-state index in [0.29, 0.717) is 22.5 Å². The molecule has 3 aromatic carbocycles. The monoisotopic (exact) mass is 461 g/mol. The van der Waals surface area contributed by atoms with Crippen molar-refractivity contribution in [3.63, 3.8) is 0 Å². The zero-order valence-electron chi connectivity index (χ0n) is 19.1. The summed E-state index contributed by atoms with van der Waals surface area (Å²) in [5, 5.41) is 6.36. The fourth-order valence-electron chi connectivity index (χ4n) is 4.07. The largest absolute Gasteiger partial charge is 0.462 e. The van der Waals surface area contributed by atoms with E-state index in [4.69, 9.17) is 4.74 Å². The van der Waals surface area contributed by atoms with E-state index in [2.05, 4.69) is 15.6 Å². The maximum atomic E-state index is 13.2. The standard InChI is InChI=1S/C29H23N3O3/c1-2-35-29(34)21-12-15-24-25(17-21)32-28(33)26(24)27(20-7-4-3-5-8-20)31-23-13-10-19(11-14-23)22-9-6-16-30-18-22/h3-18,31H,2H2,1H3,(H,32,33). The van der Waals surface area contributed by atoms with Crippen molar-refractivity contribution in [2.75, 3.05) is 17.2 Å². The van der Waals surface area contributed by atoms with Crippen LogP contribution >= 0.6 is 0 Å². The molecular formula is C29H23N3O3. The van der Waals surface area contributed by atoms with Crippen LogP contribution in [0.3, 0.4) is 0 Å². The van der Waals surface area contributed by atoms with Gasteiger partial charge in [-0.2, -0.15) is 0 Å². The predicted molar refractivity (Wildman–Crippen MR) is 138 cm³/mol. The highest BCUT2D eigenvalue weighted by molar-refractivity contribution is 6.37. The minimum Gasteiger partial charge on any atom is -0.462 e. The van der Waals surface area contributed by atoms with Crippen LogP contribution in [0.4, 0.5) is 11.4 Å². The summed E-state index contributed by atoms with van der Waals surface area (Å²) in [5.41, 5.74) is 6.68. The molecule has 0 aliphatic carbocycles. The number of benzene rings is 3. The molecule has 35 heavy (non-hydrogen) atoms. The molecule has 0 fully saturated rings. The maximum absolute atomic E-state index is 13.2. The van der Waals surface area contributed by atoms with Gasteiger partial charge in [-0.15, -0.1) is 0 Å². The molecule has 6 nitrogen and oxygen atoms in total. The summed E-state index contributed by atoms with van der Waals surface area (Å²) in [6.07, 6.45) is 3.57. The van der Waals surface area contributed by atoms with Gasteiger partial charge in [0.2, 0.25) is 0 Å². The first-order valence-corrected chi connectivity index (χ1v) is 11.3. The molecule has 4 aromatic rings.